The summed E-state index contributed by atoms with van der Waals surface area (Å²) in [5, 5.41) is 10.3. The Morgan fingerprint density at radius 3 is 2.58 bits per heavy atom. The van der Waals surface area contributed by atoms with Crippen LogP contribution in [0.5, 0.6) is 11.5 Å². The van der Waals surface area contributed by atoms with Gasteiger partial charge in [0.15, 0.2) is 23.2 Å². The van der Waals surface area contributed by atoms with Crippen LogP contribution in [0.15, 0.2) is 64.1 Å². The lowest BCUT2D eigenvalue weighted by atomic mass is 10.1. The summed E-state index contributed by atoms with van der Waals surface area (Å²) in [6, 6.07) is 16.5. The molecule has 2 aromatic carbocycles. The van der Waals surface area contributed by atoms with Crippen molar-refractivity contribution in [3.05, 3.63) is 65.9 Å². The molecule has 1 aromatic heterocycles. The van der Waals surface area contributed by atoms with E-state index in [0.29, 0.717) is 36.1 Å². The second kappa shape index (κ2) is 11.0. The van der Waals surface area contributed by atoms with Gasteiger partial charge in [0, 0.05) is 30.8 Å². The summed E-state index contributed by atoms with van der Waals surface area (Å²) in [6.45, 7) is -0.270. The zero-order chi connectivity index (χ0) is 22.1. The number of nitrogens with zero attached hydrogens (tertiary/aromatic N) is 2. The summed E-state index contributed by atoms with van der Waals surface area (Å²) in [6.07, 6.45) is 0. The summed E-state index contributed by atoms with van der Waals surface area (Å²) in [7, 11) is 1.61. The molecule has 0 spiro atoms. The van der Waals surface area contributed by atoms with Gasteiger partial charge in [-0.1, -0.05) is 47.6 Å². The van der Waals surface area contributed by atoms with Gasteiger partial charge < -0.3 is 24.6 Å². The van der Waals surface area contributed by atoms with E-state index in [0.717, 1.165) is 5.56 Å². The van der Waals surface area contributed by atoms with Crippen LogP contribution in [-0.2, 0) is 13.1 Å². The lowest BCUT2D eigenvalue weighted by Gasteiger charge is -2.17. The van der Waals surface area contributed by atoms with E-state index in [4.69, 9.17) is 9.26 Å². The Balaban J connectivity index is 1.61. The Kier molecular flexibility index (Phi) is 7.80. The monoisotopic (exact) mass is 430 g/mol. The smallest absolute Gasteiger partial charge is 0.387 e. The van der Waals surface area contributed by atoms with Gasteiger partial charge in [0.2, 0.25) is 0 Å². The summed E-state index contributed by atoms with van der Waals surface area (Å²) in [5.41, 5.74) is 2.15. The van der Waals surface area contributed by atoms with Crippen LogP contribution in [0.25, 0.3) is 11.3 Å². The van der Waals surface area contributed by atoms with Gasteiger partial charge in [0.05, 0.1) is 13.2 Å². The number of hydrogen-bond acceptors (Lipinski definition) is 5. The minimum Gasteiger partial charge on any atom is -0.490 e. The number of rotatable bonds is 9. The Morgan fingerprint density at radius 1 is 1.10 bits per heavy atom. The van der Waals surface area contributed by atoms with E-state index in [1.54, 1.807) is 32.2 Å². The van der Waals surface area contributed by atoms with Gasteiger partial charge in [0.1, 0.15) is 5.69 Å². The van der Waals surface area contributed by atoms with Gasteiger partial charge in [-0.25, -0.2) is 0 Å². The van der Waals surface area contributed by atoms with Gasteiger partial charge in [0.25, 0.3) is 0 Å². The first-order valence-corrected chi connectivity index (χ1v) is 9.75. The van der Waals surface area contributed by atoms with Crippen molar-refractivity contribution in [1.29, 1.82) is 0 Å². The molecule has 0 aliphatic rings. The number of aliphatic imine (C=N–C) groups is 1. The molecule has 3 rings (SSSR count). The van der Waals surface area contributed by atoms with E-state index in [1.165, 1.54) is 0 Å². The van der Waals surface area contributed by atoms with Crippen molar-refractivity contribution in [3.8, 4) is 22.8 Å². The highest BCUT2D eigenvalue weighted by Crippen LogP contribution is 2.32. The topological polar surface area (TPSA) is 80.9 Å². The lowest BCUT2D eigenvalue weighted by Crippen LogP contribution is -2.36. The van der Waals surface area contributed by atoms with Gasteiger partial charge >= 0.3 is 6.61 Å². The second-order valence-electron chi connectivity index (χ2n) is 6.38. The van der Waals surface area contributed by atoms with Crippen LogP contribution in [0.1, 0.15) is 18.2 Å². The van der Waals surface area contributed by atoms with E-state index in [9.17, 15) is 8.78 Å². The lowest BCUT2D eigenvalue weighted by molar-refractivity contribution is -0.0520. The fourth-order valence-corrected chi connectivity index (χ4v) is 2.90. The second-order valence-corrected chi connectivity index (χ2v) is 6.38. The number of aromatic nitrogens is 1. The summed E-state index contributed by atoms with van der Waals surface area (Å²) < 4.78 is 41.2. The van der Waals surface area contributed by atoms with Crippen LogP contribution in [0.2, 0.25) is 0 Å². The molecule has 0 bridgehead atoms. The number of guanidine groups is 1. The third kappa shape index (κ3) is 6.18. The van der Waals surface area contributed by atoms with Crippen LogP contribution < -0.4 is 20.1 Å². The minimum absolute atomic E-state index is 0.00584. The molecule has 9 heteroatoms. The van der Waals surface area contributed by atoms with Crippen molar-refractivity contribution in [2.75, 3.05) is 13.7 Å². The molecule has 7 nitrogen and oxygen atoms in total. The van der Waals surface area contributed by atoms with Crippen molar-refractivity contribution >= 4 is 5.96 Å². The molecule has 164 valence electrons. The molecular formula is C22H24F2N4O3. The molecule has 3 aromatic rings. The number of ether oxygens (including phenoxy) is 2. The minimum atomic E-state index is -2.95. The number of alkyl halides is 2. The van der Waals surface area contributed by atoms with Crippen LogP contribution in [0.3, 0.4) is 0 Å². The van der Waals surface area contributed by atoms with E-state index in [2.05, 4.69) is 25.5 Å². The highest BCUT2D eigenvalue weighted by Gasteiger charge is 2.16. The maximum atomic E-state index is 12.9. The Labute approximate surface area is 179 Å². The zero-order valence-electron chi connectivity index (χ0n) is 17.3. The molecule has 0 saturated heterocycles. The molecule has 0 radical (unpaired) electrons. The van der Waals surface area contributed by atoms with E-state index >= 15 is 0 Å². The number of hydrogen-bond donors (Lipinski definition) is 2. The summed E-state index contributed by atoms with van der Waals surface area (Å²) in [5.74, 6) is 1.41. The van der Waals surface area contributed by atoms with Crippen LogP contribution >= 0.6 is 0 Å². The number of halogens is 2. The molecule has 0 amide bonds. The Bertz CT molecular complexity index is 993. The average Bonchev–Trinajstić information content (AvgIpc) is 3.25. The first-order chi connectivity index (χ1) is 15.1. The van der Waals surface area contributed by atoms with E-state index in [1.807, 2.05) is 36.4 Å². The average molecular weight is 430 g/mol. The molecule has 0 atom stereocenters. The van der Waals surface area contributed by atoms with Crippen LogP contribution in [0.4, 0.5) is 8.78 Å². The predicted octanol–water partition coefficient (Wildman–Crippen LogP) is 4.21. The first kappa shape index (κ1) is 22.1. The zero-order valence-corrected chi connectivity index (χ0v) is 17.3. The molecular weight excluding hydrogens is 406 g/mol. The van der Waals surface area contributed by atoms with Gasteiger partial charge in [-0.2, -0.15) is 8.78 Å². The number of para-hydroxylation sites is 1. The highest BCUT2D eigenvalue weighted by atomic mass is 19.3. The third-order valence-electron chi connectivity index (χ3n) is 4.29. The van der Waals surface area contributed by atoms with Crippen molar-refractivity contribution in [1.82, 2.24) is 15.8 Å². The fourth-order valence-electron chi connectivity index (χ4n) is 2.90. The maximum absolute atomic E-state index is 12.9. The van der Waals surface area contributed by atoms with Gasteiger partial charge in [-0.3, -0.25) is 4.99 Å². The normalized spacial score (nSPS) is 11.5. The predicted molar refractivity (Wildman–Crippen MR) is 113 cm³/mol. The van der Waals surface area contributed by atoms with Crippen molar-refractivity contribution < 1.29 is 22.8 Å². The van der Waals surface area contributed by atoms with Crippen molar-refractivity contribution in [2.24, 2.45) is 4.99 Å². The third-order valence-corrected chi connectivity index (χ3v) is 4.29. The van der Waals surface area contributed by atoms with Crippen molar-refractivity contribution in [2.45, 2.75) is 26.6 Å². The van der Waals surface area contributed by atoms with E-state index < -0.39 is 6.61 Å². The van der Waals surface area contributed by atoms with Crippen LogP contribution in [0, 0.1) is 0 Å². The van der Waals surface area contributed by atoms with Gasteiger partial charge in [-0.05, 0) is 13.0 Å². The quantitative estimate of drug-likeness (QED) is 0.391. The standard InChI is InChI=1S/C22H24F2N4O3/c1-3-29-18-11-7-10-16(20(18)30-21(23)24)13-26-22(25-2)27-14-17-12-19(31-28-17)15-8-5-4-6-9-15/h4-12,21H,3,13-14H2,1-2H3,(H2,25,26,27). The van der Waals surface area contributed by atoms with E-state index in [-0.39, 0.29) is 18.0 Å². The number of benzene rings is 2. The summed E-state index contributed by atoms with van der Waals surface area (Å²) in [4.78, 5) is 4.15. The highest BCUT2D eigenvalue weighted by molar-refractivity contribution is 5.79. The Morgan fingerprint density at radius 2 is 1.87 bits per heavy atom. The van der Waals surface area contributed by atoms with Gasteiger partial charge in [-0.15, -0.1) is 0 Å². The molecule has 31 heavy (non-hydrogen) atoms. The van der Waals surface area contributed by atoms with Crippen molar-refractivity contribution in [3.63, 3.8) is 0 Å². The molecule has 0 aliphatic heterocycles. The molecule has 0 saturated carbocycles. The molecule has 0 unspecified atom stereocenters. The number of nitrogens with one attached hydrogen (secondary N) is 2. The first-order valence-electron chi connectivity index (χ1n) is 9.75. The molecule has 0 aliphatic carbocycles. The van der Waals surface area contributed by atoms with Crippen LogP contribution in [-0.4, -0.2) is 31.4 Å². The SMILES string of the molecule is CCOc1cccc(CNC(=NC)NCc2cc(-c3ccccc3)on2)c1OC(F)F. The fraction of sp³-hybridized carbons (Fsp3) is 0.273. The largest absolute Gasteiger partial charge is 0.490 e. The Hall–Kier alpha value is -3.62. The summed E-state index contributed by atoms with van der Waals surface area (Å²) >= 11 is 0. The molecule has 1 heterocycles. The maximum Gasteiger partial charge on any atom is 0.387 e. The molecule has 0 fully saturated rings. The molecule has 2 N–H and O–H groups in total.